The molecule has 0 aliphatic carbocycles. The third-order valence-electron chi connectivity index (χ3n) is 5.73. The molecule has 2 aromatic heterocycles. The lowest BCUT2D eigenvalue weighted by molar-refractivity contribution is -0.147. The first-order chi connectivity index (χ1) is 20.6. The van der Waals surface area contributed by atoms with Crippen LogP contribution in [0.15, 0.2) is 82.4 Å². The van der Waals surface area contributed by atoms with Crippen LogP contribution in [-0.4, -0.2) is 45.4 Å². The predicted octanol–water partition coefficient (Wildman–Crippen LogP) is 6.29. The van der Waals surface area contributed by atoms with Gasteiger partial charge in [0.1, 0.15) is 24.8 Å². The summed E-state index contributed by atoms with van der Waals surface area (Å²) in [6.45, 7) is 8.36. The number of aryl methyl sites for hydroxylation is 2. The number of carbonyl (C=O) groups is 2. The quantitative estimate of drug-likeness (QED) is 0.116. The van der Waals surface area contributed by atoms with E-state index in [2.05, 4.69) is 36.3 Å². The minimum absolute atomic E-state index is 0.0738. The zero-order chi connectivity index (χ0) is 30.9. The van der Waals surface area contributed by atoms with Crippen molar-refractivity contribution in [1.82, 2.24) is 20.3 Å². The molecule has 0 saturated heterocycles. The van der Waals surface area contributed by atoms with Crippen LogP contribution >= 0.6 is 0 Å². The van der Waals surface area contributed by atoms with E-state index in [0.29, 0.717) is 11.1 Å². The van der Waals surface area contributed by atoms with Crippen LogP contribution in [0.5, 0.6) is 0 Å². The first kappa shape index (κ1) is 30.4. The summed E-state index contributed by atoms with van der Waals surface area (Å²) in [5.41, 5.74) is 3.47. The van der Waals surface area contributed by atoms with E-state index in [0.717, 1.165) is 17.2 Å². The average molecular weight is 589 g/mol. The predicted molar refractivity (Wildman–Crippen MR) is 151 cm³/mol. The zero-order valence-electron chi connectivity index (χ0n) is 23.5. The van der Waals surface area contributed by atoms with Gasteiger partial charge in [-0.05, 0) is 56.3 Å². The monoisotopic (exact) mass is 588 g/mol. The number of ether oxygens (including phenoxy) is 2. The summed E-state index contributed by atoms with van der Waals surface area (Å²) in [6, 6.07) is 16.4. The lowest BCUT2D eigenvalue weighted by Crippen LogP contribution is -2.10. The van der Waals surface area contributed by atoms with Crippen molar-refractivity contribution in [1.29, 1.82) is 0 Å². The summed E-state index contributed by atoms with van der Waals surface area (Å²) in [5.74, 6) is -1.03. The van der Waals surface area contributed by atoms with Crippen LogP contribution < -0.4 is 0 Å². The van der Waals surface area contributed by atoms with Crippen molar-refractivity contribution >= 4 is 11.9 Å². The topological polar surface area (TPSA) is 130 Å². The SMILES string of the molecule is C=CC(=O)OCCOC(C)=O.Cc1ccc(F)c(-c2noc(-c3cccc(-c4nc(-c5cc(C)ccc5F)no4)c3)n2)c1. The Balaban J connectivity index is 0.000000330. The van der Waals surface area contributed by atoms with Gasteiger partial charge >= 0.3 is 11.9 Å². The number of hydrogen-bond donors (Lipinski definition) is 0. The van der Waals surface area contributed by atoms with Gasteiger partial charge in [-0.2, -0.15) is 9.97 Å². The standard InChI is InChI=1S/C24H16F2N4O2.C7H10O4/c1-13-6-8-19(25)17(10-13)21-27-23(31-29-21)15-4-3-5-16(12-15)24-28-22(30-32-24)18-11-14(2)7-9-20(18)26;1-3-7(9)11-5-4-10-6(2)8/h3-12H,1-2H3;3H,1,4-5H2,2H3. The van der Waals surface area contributed by atoms with E-state index >= 15 is 0 Å². The second kappa shape index (κ2) is 13.9. The van der Waals surface area contributed by atoms with Crippen LogP contribution in [0.4, 0.5) is 8.78 Å². The maximum Gasteiger partial charge on any atom is 0.330 e. The molecular weight excluding hydrogens is 562 g/mol. The molecule has 3 aromatic carbocycles. The van der Waals surface area contributed by atoms with E-state index in [1.54, 1.807) is 48.5 Å². The molecular formula is C31H26F2N4O6. The summed E-state index contributed by atoms with van der Waals surface area (Å²) in [4.78, 5) is 29.2. The number of nitrogens with zero attached hydrogens (tertiary/aromatic N) is 4. The normalized spacial score (nSPS) is 10.4. The fraction of sp³-hybridized carbons (Fsp3) is 0.161. The van der Waals surface area contributed by atoms with Gasteiger partial charge in [-0.1, -0.05) is 46.2 Å². The smallest absolute Gasteiger partial charge is 0.330 e. The van der Waals surface area contributed by atoms with E-state index in [9.17, 15) is 18.4 Å². The number of benzene rings is 3. The fourth-order valence-corrected chi connectivity index (χ4v) is 3.69. The minimum Gasteiger partial charge on any atom is -0.462 e. The molecule has 0 saturated carbocycles. The third kappa shape index (κ3) is 8.03. The molecule has 0 spiro atoms. The van der Waals surface area contributed by atoms with E-state index in [-0.39, 0.29) is 53.7 Å². The number of carbonyl (C=O) groups excluding carboxylic acids is 2. The van der Waals surface area contributed by atoms with Crippen molar-refractivity contribution in [3.63, 3.8) is 0 Å². The molecule has 2 heterocycles. The molecule has 10 nitrogen and oxygen atoms in total. The van der Waals surface area contributed by atoms with Crippen molar-refractivity contribution < 1.29 is 36.9 Å². The van der Waals surface area contributed by atoms with E-state index in [1.165, 1.54) is 19.1 Å². The zero-order valence-corrected chi connectivity index (χ0v) is 23.5. The van der Waals surface area contributed by atoms with E-state index in [1.807, 2.05) is 13.8 Å². The van der Waals surface area contributed by atoms with Crippen molar-refractivity contribution in [2.75, 3.05) is 13.2 Å². The summed E-state index contributed by atoms with van der Waals surface area (Å²) < 4.78 is 48.0. The molecule has 0 aliphatic heterocycles. The van der Waals surface area contributed by atoms with E-state index in [4.69, 9.17) is 9.05 Å². The number of esters is 2. The van der Waals surface area contributed by atoms with E-state index < -0.39 is 17.6 Å². The highest BCUT2D eigenvalue weighted by Crippen LogP contribution is 2.29. The van der Waals surface area contributed by atoms with Crippen molar-refractivity contribution in [2.45, 2.75) is 20.8 Å². The highest BCUT2D eigenvalue weighted by atomic mass is 19.1. The largest absolute Gasteiger partial charge is 0.462 e. The van der Waals surface area contributed by atoms with Crippen LogP contribution in [0, 0.1) is 25.5 Å². The molecule has 220 valence electrons. The van der Waals surface area contributed by atoms with Gasteiger partial charge in [0.05, 0.1) is 11.1 Å². The molecule has 0 fully saturated rings. The van der Waals surface area contributed by atoms with Crippen LogP contribution in [-0.2, 0) is 19.1 Å². The highest BCUT2D eigenvalue weighted by Gasteiger charge is 2.18. The van der Waals surface area contributed by atoms with Crippen molar-refractivity contribution in [2.24, 2.45) is 0 Å². The second-order valence-corrected chi connectivity index (χ2v) is 9.11. The van der Waals surface area contributed by atoms with Crippen molar-refractivity contribution in [3.05, 3.63) is 96.1 Å². The van der Waals surface area contributed by atoms with Crippen LogP contribution in [0.1, 0.15) is 18.1 Å². The first-order valence-corrected chi connectivity index (χ1v) is 12.9. The van der Waals surface area contributed by atoms with Crippen molar-refractivity contribution in [3.8, 4) is 45.7 Å². The van der Waals surface area contributed by atoms with Gasteiger partial charge in [0.2, 0.25) is 11.6 Å². The first-order valence-electron chi connectivity index (χ1n) is 12.9. The summed E-state index contributed by atoms with van der Waals surface area (Å²) >= 11 is 0. The van der Waals surface area contributed by atoms with Gasteiger partial charge in [-0.25, -0.2) is 13.6 Å². The molecule has 43 heavy (non-hydrogen) atoms. The molecule has 0 amide bonds. The lowest BCUT2D eigenvalue weighted by Gasteiger charge is -2.01. The molecule has 0 bridgehead atoms. The van der Waals surface area contributed by atoms with Crippen LogP contribution in [0.3, 0.4) is 0 Å². The second-order valence-electron chi connectivity index (χ2n) is 9.11. The Labute approximate surface area is 245 Å². The molecule has 5 aromatic rings. The number of hydrogen-bond acceptors (Lipinski definition) is 10. The minimum atomic E-state index is -0.517. The van der Waals surface area contributed by atoms with Crippen LogP contribution in [0.25, 0.3) is 45.7 Å². The van der Waals surface area contributed by atoms with Crippen LogP contribution in [0.2, 0.25) is 0 Å². The Kier molecular flexibility index (Phi) is 9.84. The summed E-state index contributed by atoms with van der Waals surface area (Å²) in [7, 11) is 0. The molecule has 12 heteroatoms. The van der Waals surface area contributed by atoms with Gasteiger partial charge < -0.3 is 18.5 Å². The fourth-order valence-electron chi connectivity index (χ4n) is 3.69. The molecule has 0 unspecified atom stereocenters. The molecule has 0 aliphatic rings. The number of rotatable bonds is 8. The highest BCUT2D eigenvalue weighted by molar-refractivity contribution is 5.81. The molecule has 0 atom stereocenters. The maximum atomic E-state index is 14.2. The summed E-state index contributed by atoms with van der Waals surface area (Å²) in [5, 5.41) is 7.82. The van der Waals surface area contributed by atoms with Gasteiger partial charge in [0.25, 0.3) is 11.8 Å². The lowest BCUT2D eigenvalue weighted by atomic mass is 10.1. The summed E-state index contributed by atoms with van der Waals surface area (Å²) in [6.07, 6.45) is 1.05. The Morgan fingerprint density at radius 2 is 1.28 bits per heavy atom. The number of aromatic nitrogens is 4. The Morgan fingerprint density at radius 3 is 1.74 bits per heavy atom. The van der Waals surface area contributed by atoms with Gasteiger partial charge in [0, 0.05) is 24.1 Å². The molecule has 0 radical (unpaired) electrons. The third-order valence-corrected chi connectivity index (χ3v) is 5.73. The maximum absolute atomic E-state index is 14.2. The Hall–Kier alpha value is -5.52. The number of halogens is 2. The van der Waals surface area contributed by atoms with Gasteiger partial charge in [-0.3, -0.25) is 4.79 Å². The Morgan fingerprint density at radius 1 is 0.791 bits per heavy atom. The average Bonchev–Trinajstić information content (AvgIpc) is 3.69. The van der Waals surface area contributed by atoms with Gasteiger partial charge in [0.15, 0.2) is 0 Å². The Bertz CT molecular complexity index is 1660. The molecule has 0 N–H and O–H groups in total. The van der Waals surface area contributed by atoms with Gasteiger partial charge in [-0.15, -0.1) is 0 Å². The molecule has 5 rings (SSSR count).